The second kappa shape index (κ2) is 9.23. The Balaban J connectivity index is 0.00000200. The number of nitrogens with zero attached hydrogens (tertiary/aromatic N) is 1. The Labute approximate surface area is 142 Å². The van der Waals surface area contributed by atoms with Crippen molar-refractivity contribution < 1.29 is 0 Å². The second-order valence-electron chi connectivity index (χ2n) is 4.66. The Morgan fingerprint density at radius 3 is 2.50 bits per heavy atom. The van der Waals surface area contributed by atoms with Crippen molar-refractivity contribution in [1.82, 2.24) is 10.6 Å². The van der Waals surface area contributed by atoms with Crippen LogP contribution in [0.3, 0.4) is 0 Å². The summed E-state index contributed by atoms with van der Waals surface area (Å²) in [6.45, 7) is 0.863. The van der Waals surface area contributed by atoms with Gasteiger partial charge in [-0.15, -0.1) is 24.0 Å². The highest BCUT2D eigenvalue weighted by atomic mass is 127. The average Bonchev–Trinajstić information content (AvgIpc) is 2.93. The van der Waals surface area contributed by atoms with E-state index in [9.17, 15) is 0 Å². The van der Waals surface area contributed by atoms with Crippen LogP contribution in [0.4, 0.5) is 0 Å². The van der Waals surface area contributed by atoms with E-state index in [0.29, 0.717) is 6.04 Å². The number of nitrogens with one attached hydrogen (secondary N) is 2. The van der Waals surface area contributed by atoms with Crippen LogP contribution in [-0.4, -0.2) is 25.6 Å². The van der Waals surface area contributed by atoms with Crippen molar-refractivity contribution in [3.05, 3.63) is 47.0 Å². The third-order valence-corrected chi connectivity index (χ3v) is 3.44. The SMILES string of the molecule is CN=C(NCCc1ccc(Cl)cc1)NC1CC=CC1.I. The van der Waals surface area contributed by atoms with Gasteiger partial charge in [-0.05, 0) is 37.0 Å². The third kappa shape index (κ3) is 5.71. The van der Waals surface area contributed by atoms with Crippen LogP contribution in [0.15, 0.2) is 41.4 Å². The van der Waals surface area contributed by atoms with Gasteiger partial charge < -0.3 is 10.6 Å². The molecule has 1 aromatic carbocycles. The van der Waals surface area contributed by atoms with E-state index in [0.717, 1.165) is 36.8 Å². The molecule has 0 aliphatic heterocycles. The molecule has 0 spiro atoms. The third-order valence-electron chi connectivity index (χ3n) is 3.19. The molecule has 0 heterocycles. The molecule has 1 aliphatic rings. The highest BCUT2D eigenvalue weighted by Gasteiger charge is 2.11. The minimum atomic E-state index is 0. The molecule has 0 radical (unpaired) electrons. The first-order chi connectivity index (χ1) is 9.28. The Morgan fingerprint density at radius 1 is 1.25 bits per heavy atom. The normalized spacial score (nSPS) is 15.0. The number of guanidine groups is 1. The van der Waals surface area contributed by atoms with E-state index in [1.807, 2.05) is 12.1 Å². The summed E-state index contributed by atoms with van der Waals surface area (Å²) < 4.78 is 0. The number of hydrogen-bond acceptors (Lipinski definition) is 1. The molecule has 0 bridgehead atoms. The summed E-state index contributed by atoms with van der Waals surface area (Å²) in [4.78, 5) is 4.24. The number of hydrogen-bond donors (Lipinski definition) is 2. The molecular weight excluding hydrogens is 385 g/mol. The number of rotatable bonds is 4. The molecule has 1 aliphatic carbocycles. The summed E-state index contributed by atoms with van der Waals surface area (Å²) in [5.41, 5.74) is 1.27. The first kappa shape index (κ1) is 17.3. The predicted molar refractivity (Wildman–Crippen MR) is 97.2 cm³/mol. The first-order valence-electron chi connectivity index (χ1n) is 6.64. The maximum absolute atomic E-state index is 5.86. The van der Waals surface area contributed by atoms with Crippen molar-refractivity contribution in [3.8, 4) is 0 Å². The molecule has 0 fully saturated rings. The average molecular weight is 406 g/mol. The van der Waals surface area contributed by atoms with Crippen LogP contribution in [0.25, 0.3) is 0 Å². The molecule has 20 heavy (non-hydrogen) atoms. The molecular formula is C15H21ClIN3. The molecule has 0 atom stereocenters. The molecule has 3 nitrogen and oxygen atoms in total. The fourth-order valence-corrected chi connectivity index (χ4v) is 2.23. The summed E-state index contributed by atoms with van der Waals surface area (Å²) in [6.07, 6.45) is 7.54. The maximum Gasteiger partial charge on any atom is 0.191 e. The fourth-order valence-electron chi connectivity index (χ4n) is 2.10. The van der Waals surface area contributed by atoms with Crippen molar-refractivity contribution in [3.63, 3.8) is 0 Å². The highest BCUT2D eigenvalue weighted by Crippen LogP contribution is 2.10. The molecule has 2 N–H and O–H groups in total. The summed E-state index contributed by atoms with van der Waals surface area (Å²) >= 11 is 5.86. The minimum Gasteiger partial charge on any atom is -0.356 e. The lowest BCUT2D eigenvalue weighted by Crippen LogP contribution is -2.43. The lowest BCUT2D eigenvalue weighted by molar-refractivity contribution is 0.633. The Hall–Kier alpha value is -0.750. The van der Waals surface area contributed by atoms with Crippen LogP contribution >= 0.6 is 35.6 Å². The number of halogens is 2. The summed E-state index contributed by atoms with van der Waals surface area (Å²) in [6, 6.07) is 8.45. The van der Waals surface area contributed by atoms with Gasteiger partial charge in [-0.2, -0.15) is 0 Å². The van der Waals surface area contributed by atoms with Gasteiger partial charge in [0.2, 0.25) is 0 Å². The summed E-state index contributed by atoms with van der Waals surface area (Å²) in [5.74, 6) is 0.877. The van der Waals surface area contributed by atoms with Crippen molar-refractivity contribution in [2.45, 2.75) is 25.3 Å². The summed E-state index contributed by atoms with van der Waals surface area (Å²) in [7, 11) is 1.81. The fraction of sp³-hybridized carbons (Fsp3) is 0.400. The van der Waals surface area contributed by atoms with Crippen molar-refractivity contribution in [1.29, 1.82) is 0 Å². The largest absolute Gasteiger partial charge is 0.356 e. The van der Waals surface area contributed by atoms with Gasteiger partial charge in [0.25, 0.3) is 0 Å². The van der Waals surface area contributed by atoms with Crippen LogP contribution in [0.1, 0.15) is 18.4 Å². The van der Waals surface area contributed by atoms with Gasteiger partial charge in [0.1, 0.15) is 0 Å². The molecule has 0 saturated heterocycles. The molecule has 5 heteroatoms. The summed E-state index contributed by atoms with van der Waals surface area (Å²) in [5, 5.41) is 7.53. The van der Waals surface area contributed by atoms with Gasteiger partial charge in [-0.1, -0.05) is 35.9 Å². The standard InChI is InChI=1S/C15H20ClN3.HI/c1-17-15(19-14-4-2-3-5-14)18-11-10-12-6-8-13(16)9-7-12;/h2-3,6-9,14H,4-5,10-11H2,1H3,(H2,17,18,19);1H. The molecule has 0 saturated carbocycles. The topological polar surface area (TPSA) is 36.4 Å². The van der Waals surface area contributed by atoms with Gasteiger partial charge in [-0.3, -0.25) is 4.99 Å². The highest BCUT2D eigenvalue weighted by molar-refractivity contribution is 14.0. The Bertz CT molecular complexity index is 449. The number of benzene rings is 1. The zero-order chi connectivity index (χ0) is 13.5. The van der Waals surface area contributed by atoms with Crippen LogP contribution in [0.2, 0.25) is 5.02 Å². The zero-order valence-corrected chi connectivity index (χ0v) is 14.7. The molecule has 2 rings (SSSR count). The lowest BCUT2D eigenvalue weighted by atomic mass is 10.1. The quantitative estimate of drug-likeness (QED) is 0.349. The Kier molecular flexibility index (Phi) is 7.99. The smallest absolute Gasteiger partial charge is 0.191 e. The molecule has 0 unspecified atom stereocenters. The first-order valence-corrected chi connectivity index (χ1v) is 7.02. The molecule has 110 valence electrons. The molecule has 1 aromatic rings. The van der Waals surface area contributed by atoms with Crippen molar-refractivity contribution in [2.24, 2.45) is 4.99 Å². The van der Waals surface area contributed by atoms with Crippen LogP contribution < -0.4 is 10.6 Å². The van der Waals surface area contributed by atoms with Gasteiger partial charge in [-0.25, -0.2) is 0 Å². The molecule has 0 aromatic heterocycles. The predicted octanol–water partition coefficient (Wildman–Crippen LogP) is 3.38. The van der Waals surface area contributed by atoms with E-state index in [1.165, 1.54) is 5.56 Å². The Morgan fingerprint density at radius 2 is 1.90 bits per heavy atom. The van der Waals surface area contributed by atoms with E-state index in [2.05, 4.69) is 39.9 Å². The van der Waals surface area contributed by atoms with E-state index >= 15 is 0 Å². The van der Waals surface area contributed by atoms with E-state index in [-0.39, 0.29) is 24.0 Å². The van der Waals surface area contributed by atoms with E-state index in [1.54, 1.807) is 7.05 Å². The van der Waals surface area contributed by atoms with Crippen LogP contribution in [0.5, 0.6) is 0 Å². The van der Waals surface area contributed by atoms with E-state index < -0.39 is 0 Å². The molecule has 0 amide bonds. The van der Waals surface area contributed by atoms with E-state index in [4.69, 9.17) is 11.6 Å². The van der Waals surface area contributed by atoms with Gasteiger partial charge in [0, 0.05) is 24.7 Å². The van der Waals surface area contributed by atoms with Crippen LogP contribution in [0, 0.1) is 0 Å². The van der Waals surface area contributed by atoms with Gasteiger partial charge in [0.15, 0.2) is 5.96 Å². The zero-order valence-electron chi connectivity index (χ0n) is 11.6. The van der Waals surface area contributed by atoms with Gasteiger partial charge >= 0.3 is 0 Å². The second-order valence-corrected chi connectivity index (χ2v) is 5.10. The minimum absolute atomic E-state index is 0. The van der Waals surface area contributed by atoms with Crippen LogP contribution in [-0.2, 0) is 6.42 Å². The van der Waals surface area contributed by atoms with Crippen molar-refractivity contribution in [2.75, 3.05) is 13.6 Å². The van der Waals surface area contributed by atoms with Gasteiger partial charge in [0.05, 0.1) is 0 Å². The maximum atomic E-state index is 5.86. The van der Waals surface area contributed by atoms with Crippen molar-refractivity contribution >= 4 is 41.5 Å². The number of aliphatic imine (C=N–C) groups is 1. The lowest BCUT2D eigenvalue weighted by Gasteiger charge is -2.16. The monoisotopic (exact) mass is 405 g/mol.